The summed E-state index contributed by atoms with van der Waals surface area (Å²) in [6, 6.07) is -12.8. The second kappa shape index (κ2) is 38.6. The summed E-state index contributed by atoms with van der Waals surface area (Å²) in [6.07, 6.45) is 2.76. The van der Waals surface area contributed by atoms with Gasteiger partial charge in [0.1, 0.15) is 60.4 Å². The number of carbonyl (C=O) groups excluding carboxylic acids is 11. The molecule has 0 aromatic heterocycles. The molecule has 27 heteroatoms. The van der Waals surface area contributed by atoms with Gasteiger partial charge in [0.05, 0.1) is 12.6 Å². The summed E-state index contributed by atoms with van der Waals surface area (Å²) in [5.74, 6) is -10.4. The van der Waals surface area contributed by atoms with Gasteiger partial charge in [-0.15, -0.1) is 11.8 Å². The lowest BCUT2D eigenvalue weighted by atomic mass is 9.91. The summed E-state index contributed by atoms with van der Waals surface area (Å²) in [5, 5.41) is 21.9. The van der Waals surface area contributed by atoms with Crippen molar-refractivity contribution in [3.05, 3.63) is 12.2 Å². The lowest BCUT2D eigenvalue weighted by molar-refractivity contribution is -0.157. The van der Waals surface area contributed by atoms with Crippen molar-refractivity contribution in [2.75, 3.05) is 61.6 Å². The summed E-state index contributed by atoms with van der Waals surface area (Å²) in [6.45, 7) is 29.7. The number of aliphatic hydroxyl groups is 1. The van der Waals surface area contributed by atoms with Crippen LogP contribution in [0.5, 0.6) is 0 Å². The Labute approximate surface area is 553 Å². The molecule has 13 atom stereocenters. The fourth-order valence-corrected chi connectivity index (χ4v) is 12.3. The molecule has 0 aromatic rings. The molecule has 1 aliphatic rings. The van der Waals surface area contributed by atoms with E-state index in [0.29, 0.717) is 0 Å². The number of amides is 11. The monoisotopic (exact) mass is 1320 g/mol. The number of hydrogen-bond acceptors (Lipinski definition) is 14. The van der Waals surface area contributed by atoms with E-state index in [1.54, 1.807) is 60.6 Å². The number of aliphatic hydroxyl groups excluding tert-OH is 1. The first kappa shape index (κ1) is 83.5. The molecule has 0 bridgehead atoms. The first-order valence-electron chi connectivity index (χ1n) is 32.6. The van der Waals surface area contributed by atoms with Crippen LogP contribution >= 0.6 is 11.8 Å². The van der Waals surface area contributed by atoms with Gasteiger partial charge in [0.2, 0.25) is 59.1 Å². The number of allylic oxidation sites excluding steroid dienone is 2. The van der Waals surface area contributed by atoms with Crippen molar-refractivity contribution in [3.8, 4) is 0 Å². The van der Waals surface area contributed by atoms with Crippen LogP contribution in [0.1, 0.15) is 156 Å². The van der Waals surface area contributed by atoms with Crippen LogP contribution in [0, 0.1) is 41.4 Å². The molecule has 1 aliphatic heterocycles. The number of nitrogens with zero attached hydrogens (tertiary/aromatic N) is 8. The Morgan fingerprint density at radius 2 is 0.924 bits per heavy atom. The number of rotatable bonds is 19. The van der Waals surface area contributed by atoms with Crippen molar-refractivity contribution in [1.29, 1.82) is 0 Å². The Kier molecular flexibility index (Phi) is 35.1. The molecule has 9 N–H and O–H groups in total. The highest BCUT2D eigenvalue weighted by Gasteiger charge is 2.46. The number of hydrogen-bond donors (Lipinski definition) is 7. The molecule has 92 heavy (non-hydrogen) atoms. The SMILES string of the molecule is CC=CC[C@@H](C)[C@@H](O)C1C(=O)N[C@H](CC)C(=O)N(C)C(SCCN=C(N)N)C(=O)N(C)[C@@H](CC(C)C)C(=O)N[C@H](C(C)C)C(=O)N(C)C(CC(C)C)C(=O)N[C@H](C)C(=O)N[C@@H](C)C(=O)N(C)[C@@H](CC(C)C)C(=O)N(C)[C@H](CC(C)C)C(=O)N(C)[C@@H](C(C)C)C(=O)N1C. The van der Waals surface area contributed by atoms with Crippen molar-refractivity contribution < 1.29 is 57.8 Å². The van der Waals surface area contributed by atoms with Crippen molar-refractivity contribution >= 4 is 82.7 Å². The minimum absolute atomic E-state index is 0.0211. The van der Waals surface area contributed by atoms with Crippen LogP contribution in [-0.2, 0) is 52.7 Å². The van der Waals surface area contributed by atoms with Crippen LogP contribution in [0.4, 0.5) is 0 Å². The number of carbonyl (C=O) groups is 11. The highest BCUT2D eigenvalue weighted by Crippen LogP contribution is 2.27. The molecule has 26 nitrogen and oxygen atoms in total. The molecule has 11 amide bonds. The van der Waals surface area contributed by atoms with E-state index in [0.717, 1.165) is 21.6 Å². The fraction of sp³-hybridized carbons (Fsp3) is 0.785. The van der Waals surface area contributed by atoms with Crippen molar-refractivity contribution in [2.24, 2.45) is 57.9 Å². The van der Waals surface area contributed by atoms with Crippen LogP contribution in [0.2, 0.25) is 0 Å². The largest absolute Gasteiger partial charge is 0.390 e. The van der Waals surface area contributed by atoms with E-state index in [9.17, 15) is 29.1 Å². The number of nitrogens with two attached hydrogens (primary N) is 2. The molecule has 526 valence electrons. The van der Waals surface area contributed by atoms with Crippen molar-refractivity contribution in [2.45, 2.75) is 228 Å². The predicted octanol–water partition coefficient (Wildman–Crippen LogP) is 2.60. The van der Waals surface area contributed by atoms with Crippen LogP contribution in [-0.4, -0.2) is 244 Å². The first-order valence-corrected chi connectivity index (χ1v) is 33.6. The molecule has 0 aromatic carbocycles. The number of aliphatic imine (C=N–C) groups is 1. The molecule has 0 radical (unpaired) electrons. The maximum Gasteiger partial charge on any atom is 0.256 e. The van der Waals surface area contributed by atoms with Gasteiger partial charge in [0.15, 0.2) is 11.3 Å². The lowest BCUT2D eigenvalue weighted by Gasteiger charge is -2.41. The predicted molar refractivity (Wildman–Crippen MR) is 361 cm³/mol. The van der Waals surface area contributed by atoms with Crippen LogP contribution in [0.15, 0.2) is 17.1 Å². The Morgan fingerprint density at radius 3 is 1.37 bits per heavy atom. The minimum atomic E-state index is -1.67. The third-order valence-electron chi connectivity index (χ3n) is 16.9. The molecule has 1 rings (SSSR count). The van der Waals surface area contributed by atoms with Gasteiger partial charge >= 0.3 is 0 Å². The molecule has 3 unspecified atom stereocenters. The van der Waals surface area contributed by atoms with Gasteiger partial charge in [-0.1, -0.05) is 109 Å². The molecule has 0 aliphatic carbocycles. The Morgan fingerprint density at radius 1 is 0.500 bits per heavy atom. The van der Waals surface area contributed by atoms with Gasteiger partial charge in [-0.05, 0) is 101 Å². The van der Waals surface area contributed by atoms with Gasteiger partial charge in [-0.3, -0.25) is 57.7 Å². The van der Waals surface area contributed by atoms with Crippen molar-refractivity contribution in [1.82, 2.24) is 55.6 Å². The zero-order valence-corrected chi connectivity index (χ0v) is 60.7. The van der Waals surface area contributed by atoms with Crippen molar-refractivity contribution in [3.63, 3.8) is 0 Å². The van der Waals surface area contributed by atoms with Gasteiger partial charge < -0.3 is 72.1 Å². The van der Waals surface area contributed by atoms with Crippen LogP contribution in [0.3, 0.4) is 0 Å². The van der Waals surface area contributed by atoms with E-state index < -0.39 is 155 Å². The van der Waals surface area contributed by atoms with E-state index in [1.165, 1.54) is 87.7 Å². The average molecular weight is 1320 g/mol. The molecular weight excluding hydrogens is 1200 g/mol. The molecule has 0 spiro atoms. The highest BCUT2D eigenvalue weighted by molar-refractivity contribution is 8.00. The highest BCUT2D eigenvalue weighted by atomic mass is 32.2. The average Bonchev–Trinajstić information content (AvgIpc) is 0.861. The molecule has 1 heterocycles. The van der Waals surface area contributed by atoms with Gasteiger partial charge in [-0.2, -0.15) is 0 Å². The molecular formula is C65H118N14O12S. The van der Waals surface area contributed by atoms with Gasteiger partial charge in [0, 0.05) is 55.1 Å². The normalized spacial score (nSPS) is 26.5. The summed E-state index contributed by atoms with van der Waals surface area (Å²) in [5.41, 5.74) is 11.3. The zero-order chi connectivity index (χ0) is 71.3. The summed E-state index contributed by atoms with van der Waals surface area (Å²) < 4.78 is 0. The van der Waals surface area contributed by atoms with E-state index in [-0.39, 0.29) is 80.5 Å². The molecule has 0 saturated carbocycles. The zero-order valence-electron chi connectivity index (χ0n) is 59.9. The van der Waals surface area contributed by atoms with E-state index >= 15 is 28.8 Å². The first-order chi connectivity index (χ1) is 42.5. The van der Waals surface area contributed by atoms with Gasteiger partial charge in [0.25, 0.3) is 5.91 Å². The summed E-state index contributed by atoms with van der Waals surface area (Å²) >= 11 is 0.992. The van der Waals surface area contributed by atoms with Crippen LogP contribution < -0.4 is 32.7 Å². The summed E-state index contributed by atoms with van der Waals surface area (Å²) in [7, 11) is 9.86. The topological polar surface area (TPSA) is 343 Å². The van der Waals surface area contributed by atoms with Gasteiger partial charge in [-0.25, -0.2) is 0 Å². The van der Waals surface area contributed by atoms with Crippen LogP contribution in [0.25, 0.3) is 0 Å². The quantitative estimate of drug-likeness (QED) is 0.0423. The second-order valence-corrected chi connectivity index (χ2v) is 28.5. The Bertz CT molecular complexity index is 2560. The number of nitrogens with one attached hydrogen (secondary N) is 4. The third kappa shape index (κ3) is 23.8. The fourth-order valence-electron chi connectivity index (χ4n) is 11.2. The van der Waals surface area contributed by atoms with E-state index in [2.05, 4.69) is 26.3 Å². The molecule has 1 fully saturated rings. The smallest absolute Gasteiger partial charge is 0.256 e. The number of thioether (sulfide) groups is 1. The number of likely N-dealkylation sites (N-methyl/N-ethyl adjacent to an activating group) is 7. The second-order valence-electron chi connectivity index (χ2n) is 27.3. The molecule has 1 saturated heterocycles. The Balaban J connectivity index is 4.54. The van der Waals surface area contributed by atoms with E-state index in [4.69, 9.17) is 11.5 Å². The maximum atomic E-state index is 15.3. The standard InChI is InChI=1S/C65H118N14O12S/c1-25-27-28-41(15)52(80)51-56(84)71-44(26-2)58(86)79(24)64(92-30-29-68-65(66)67)63(91)74(19)46(32-36(5)6)55(83)72-49(39(11)12)61(89)73(18)45(31-35(3)4)54(82)69-42(16)53(81)70-43(17)57(85)75(20)47(33-37(7)8)59(87)76(21)48(34-38(9)10)60(88)77(22)50(40(13)14)62(90)78(51)23/h25,27,35-52,64,80H,26,28-34H2,1-24H3,(H,69,82)(H,70,81)(H,71,84)(H,72,83)(H4,66,67,68)/t41-,42-,43+,44-,45?,46+,47+,48-,49-,50+,51?,52-,64?/m1/s1. The minimum Gasteiger partial charge on any atom is -0.390 e. The van der Waals surface area contributed by atoms with E-state index in [1.807, 2.05) is 55.4 Å². The summed E-state index contributed by atoms with van der Waals surface area (Å²) in [4.78, 5) is 176. The number of guanidine groups is 1. The third-order valence-corrected chi connectivity index (χ3v) is 18.1. The lowest BCUT2D eigenvalue weighted by Crippen LogP contribution is -2.64. The Hall–Kier alpha value is -6.51. The maximum absolute atomic E-state index is 15.3.